The molecule has 3 aliphatic rings. The summed E-state index contributed by atoms with van der Waals surface area (Å²) >= 11 is 1.58. The van der Waals surface area contributed by atoms with Gasteiger partial charge in [0.25, 0.3) is 5.56 Å². The number of hydrogen-bond acceptors (Lipinski definition) is 13. The van der Waals surface area contributed by atoms with E-state index in [0.29, 0.717) is 68.9 Å². The van der Waals surface area contributed by atoms with Crippen molar-refractivity contribution in [3.8, 4) is 10.4 Å². The zero-order valence-electron chi connectivity index (χ0n) is 44.0. The largest absolute Gasteiger partial charge is 0.391 e. The fraction of sp³-hybridized carbons (Fsp3) is 0.544. The Morgan fingerprint density at radius 1 is 0.865 bits per heavy atom. The van der Waals surface area contributed by atoms with Crippen molar-refractivity contribution in [3.63, 3.8) is 0 Å². The lowest BCUT2D eigenvalue weighted by Crippen LogP contribution is -2.50. The van der Waals surface area contributed by atoms with E-state index in [1.54, 1.807) is 29.0 Å². The van der Waals surface area contributed by atoms with Crippen molar-refractivity contribution in [1.82, 2.24) is 39.6 Å². The van der Waals surface area contributed by atoms with E-state index in [4.69, 9.17) is 9.97 Å². The van der Waals surface area contributed by atoms with Crippen LogP contribution < -0.4 is 15.8 Å². The molecular weight excluding hydrogens is 955 g/mol. The number of piperazine rings is 1. The minimum atomic E-state index is -0.823. The van der Waals surface area contributed by atoms with Gasteiger partial charge in [-0.3, -0.25) is 38.3 Å². The van der Waals surface area contributed by atoms with Crippen LogP contribution in [0.15, 0.2) is 59.1 Å². The first-order valence-electron chi connectivity index (χ1n) is 26.6. The van der Waals surface area contributed by atoms with Gasteiger partial charge in [0.15, 0.2) is 5.78 Å². The summed E-state index contributed by atoms with van der Waals surface area (Å²) in [6.07, 6.45) is 12.2. The summed E-state index contributed by atoms with van der Waals surface area (Å²) < 4.78 is 1.74. The van der Waals surface area contributed by atoms with Crippen molar-refractivity contribution in [1.29, 1.82) is 0 Å². The number of carbonyl (C=O) groups excluding carboxylic acids is 5. The minimum absolute atomic E-state index is 0.0147. The Bertz CT molecular complexity index is 2880. The third-order valence-corrected chi connectivity index (χ3v) is 16.3. The number of aromatic nitrogens is 5. The molecule has 0 unspecified atom stereocenters. The number of β-amino-alcohol motifs (C(OH)–C–C–N with tert-alkyl or cyclic N) is 1. The molecule has 2 N–H and O–H groups in total. The average Bonchev–Trinajstić information content (AvgIpc) is 4.16. The summed E-state index contributed by atoms with van der Waals surface area (Å²) in [4.78, 5) is 106. The fourth-order valence-corrected chi connectivity index (χ4v) is 11.8. The van der Waals surface area contributed by atoms with E-state index in [1.807, 2.05) is 80.7 Å². The predicted octanol–water partition coefficient (Wildman–Crippen LogP) is 8.11. The molecule has 394 valence electrons. The van der Waals surface area contributed by atoms with Crippen molar-refractivity contribution in [2.75, 3.05) is 37.6 Å². The molecule has 1 aliphatic carbocycles. The van der Waals surface area contributed by atoms with Crippen LogP contribution in [0.2, 0.25) is 0 Å². The molecule has 3 atom stereocenters. The first kappa shape index (κ1) is 54.1. The van der Waals surface area contributed by atoms with Crippen molar-refractivity contribution in [2.24, 2.45) is 11.3 Å². The number of aliphatic hydroxyl groups excluding tert-OH is 1. The highest BCUT2D eigenvalue weighted by atomic mass is 32.1. The number of fused-ring (bicyclic) bond motifs is 1. The summed E-state index contributed by atoms with van der Waals surface area (Å²) in [6.45, 7) is 14.1. The van der Waals surface area contributed by atoms with Crippen LogP contribution in [0.25, 0.3) is 21.5 Å². The first-order chi connectivity index (χ1) is 35.5. The number of nitrogens with zero attached hydrogens (tertiary/aromatic N) is 8. The molecule has 17 heteroatoms. The van der Waals surface area contributed by atoms with Crippen molar-refractivity contribution in [2.45, 2.75) is 156 Å². The van der Waals surface area contributed by atoms with Crippen LogP contribution in [0.3, 0.4) is 0 Å². The van der Waals surface area contributed by atoms with Crippen LogP contribution in [0.1, 0.15) is 156 Å². The van der Waals surface area contributed by atoms with Crippen LogP contribution >= 0.6 is 11.3 Å². The van der Waals surface area contributed by atoms with E-state index in [0.717, 1.165) is 89.8 Å². The van der Waals surface area contributed by atoms with E-state index in [-0.39, 0.29) is 72.4 Å². The average molecular weight is 1030 g/mol. The molecule has 0 radical (unpaired) electrons. The van der Waals surface area contributed by atoms with Crippen LogP contribution in [0.4, 0.5) is 5.69 Å². The smallest absolute Gasteiger partial charge is 0.263 e. The summed E-state index contributed by atoms with van der Waals surface area (Å²) in [5, 5.41) is 14.3. The van der Waals surface area contributed by atoms with Gasteiger partial charge in [-0.05, 0) is 80.7 Å². The number of nitrogens with one attached hydrogen (secondary N) is 1. The minimum Gasteiger partial charge on any atom is -0.391 e. The number of anilines is 1. The molecule has 5 aromatic rings. The highest BCUT2D eigenvalue weighted by Gasteiger charge is 2.44. The number of unbranched alkanes of at least 4 members (excludes halogenated alkanes) is 4. The normalized spacial score (nSPS) is 17.8. The maximum Gasteiger partial charge on any atom is 0.263 e. The molecule has 16 nitrogen and oxygen atoms in total. The topological polar surface area (TPSA) is 201 Å². The second-order valence-electron chi connectivity index (χ2n) is 21.8. The molecule has 8 rings (SSSR count). The number of rotatable bonds is 20. The predicted molar refractivity (Wildman–Crippen MR) is 287 cm³/mol. The van der Waals surface area contributed by atoms with Crippen molar-refractivity contribution in [3.05, 3.63) is 98.6 Å². The number of aryl methyl sites for hydroxylation is 2. The summed E-state index contributed by atoms with van der Waals surface area (Å²) in [5.41, 5.74) is 7.19. The Morgan fingerprint density at radius 3 is 2.22 bits per heavy atom. The van der Waals surface area contributed by atoms with Gasteiger partial charge in [-0.15, -0.1) is 11.3 Å². The Hall–Kier alpha value is -6.20. The van der Waals surface area contributed by atoms with Gasteiger partial charge in [0.2, 0.25) is 17.7 Å². The molecule has 6 heterocycles. The van der Waals surface area contributed by atoms with Crippen molar-refractivity contribution >= 4 is 57.3 Å². The molecule has 74 heavy (non-hydrogen) atoms. The molecule has 0 spiro atoms. The Balaban J connectivity index is 0.730. The number of likely N-dealkylation sites (tertiary alicyclic amines) is 1. The molecule has 2 saturated heterocycles. The zero-order chi connectivity index (χ0) is 52.7. The van der Waals surface area contributed by atoms with E-state index in [9.17, 15) is 33.9 Å². The standard InChI is InChI=1S/C57H73N9O7S/c1-36-46-33-59-49(62-53(46)66(42-14-12-13-15-42)56(73)51(36)38(3)67)28-41-22-23-43(32-58-41)63-24-26-64(27-25-63)50(70)17-11-9-7-8-10-16-44(68)29-47(57(4,5)6)55(72)65-34-45(69)30-48(65)54(71)60-31-39-18-20-40(21-19-39)52-37(2)61-35-74-52/h18-23,32-33,35,42,45,47-48,69H,7-17,24-31,34H2,1-6H3,(H,60,71)/t45-,47-,48+/m1/s1. The lowest BCUT2D eigenvalue weighted by molar-refractivity contribution is -0.146. The van der Waals surface area contributed by atoms with Gasteiger partial charge in [-0.2, -0.15) is 0 Å². The molecular formula is C57H73N9O7S. The van der Waals surface area contributed by atoms with Gasteiger partial charge < -0.3 is 25.1 Å². The number of amides is 3. The first-order valence-corrected chi connectivity index (χ1v) is 27.5. The number of thiazole rings is 1. The summed E-state index contributed by atoms with van der Waals surface area (Å²) in [7, 11) is 0. The molecule has 1 aromatic carbocycles. The third-order valence-electron chi connectivity index (χ3n) is 15.4. The number of pyridine rings is 2. The molecule has 0 bridgehead atoms. The van der Waals surface area contributed by atoms with Crippen LogP contribution in [0.5, 0.6) is 0 Å². The summed E-state index contributed by atoms with van der Waals surface area (Å²) in [6, 6.07) is 11.2. The SMILES string of the molecule is CC(=O)c1c(C)c2cnc(Cc3ccc(N4CCN(C(=O)CCCCCCCC(=O)C[C@H](C(=O)N5C[C@H](O)C[C@H]5C(=O)NCc5ccc(-c6scnc6C)cc5)C(C)(C)C)CC4)cn3)nc2n(C2CCCC2)c1=O. The van der Waals surface area contributed by atoms with Gasteiger partial charge in [0.05, 0.1) is 46.1 Å². The Morgan fingerprint density at radius 2 is 1.57 bits per heavy atom. The molecule has 4 aromatic heterocycles. The maximum absolute atomic E-state index is 14.1. The van der Waals surface area contributed by atoms with Crippen LogP contribution in [-0.2, 0) is 32.1 Å². The van der Waals surface area contributed by atoms with E-state index in [2.05, 4.69) is 20.2 Å². The lowest BCUT2D eigenvalue weighted by Gasteiger charge is -2.36. The van der Waals surface area contributed by atoms with Gasteiger partial charge in [-0.1, -0.05) is 77.1 Å². The van der Waals surface area contributed by atoms with Crippen molar-refractivity contribution < 1.29 is 29.1 Å². The second-order valence-corrected chi connectivity index (χ2v) is 22.6. The highest BCUT2D eigenvalue weighted by molar-refractivity contribution is 7.13. The molecule has 1 saturated carbocycles. The third kappa shape index (κ3) is 12.8. The monoisotopic (exact) mass is 1030 g/mol. The number of carbonyl (C=O) groups is 5. The Kier molecular flexibility index (Phi) is 17.5. The van der Waals surface area contributed by atoms with E-state index >= 15 is 0 Å². The number of Topliss-reactive ketones (excluding diaryl/α,β-unsaturated/α-hetero) is 2. The highest BCUT2D eigenvalue weighted by Crippen LogP contribution is 2.35. The second kappa shape index (κ2) is 24.0. The zero-order valence-corrected chi connectivity index (χ0v) is 44.8. The summed E-state index contributed by atoms with van der Waals surface area (Å²) in [5.74, 6) is -0.730. The van der Waals surface area contributed by atoms with Gasteiger partial charge in [0.1, 0.15) is 23.3 Å². The molecule has 3 fully saturated rings. The quantitative estimate of drug-likeness (QED) is 0.0561. The number of aliphatic hydroxyl groups is 1. The number of ketones is 2. The van der Waals surface area contributed by atoms with E-state index in [1.165, 1.54) is 11.8 Å². The maximum atomic E-state index is 14.1. The van der Waals surface area contributed by atoms with Gasteiger partial charge in [-0.25, -0.2) is 15.0 Å². The van der Waals surface area contributed by atoms with E-state index < -0.39 is 23.5 Å². The Labute approximate surface area is 438 Å². The molecule has 3 amide bonds. The van der Waals surface area contributed by atoms with Gasteiger partial charge in [0, 0.05) is 94.2 Å². The molecule has 2 aliphatic heterocycles. The fourth-order valence-electron chi connectivity index (χ4n) is 11.0. The van der Waals surface area contributed by atoms with Gasteiger partial charge >= 0.3 is 0 Å². The van der Waals surface area contributed by atoms with Crippen LogP contribution in [-0.4, -0.2) is 114 Å². The van der Waals surface area contributed by atoms with Crippen LogP contribution in [0, 0.1) is 25.2 Å². The number of benzene rings is 1. The number of hydrogen-bond donors (Lipinski definition) is 2. The lowest BCUT2D eigenvalue weighted by atomic mass is 9.76.